The minimum absolute atomic E-state index is 0.122. The van der Waals surface area contributed by atoms with E-state index in [0.29, 0.717) is 23.6 Å². The van der Waals surface area contributed by atoms with Crippen molar-refractivity contribution >= 4 is 20.6 Å². The average Bonchev–Trinajstić information content (AvgIpc) is 2.75. The summed E-state index contributed by atoms with van der Waals surface area (Å²) in [6, 6.07) is 5.99. The number of benzene rings is 1. The molecule has 1 saturated carbocycles. The van der Waals surface area contributed by atoms with Crippen molar-refractivity contribution in [1.29, 1.82) is 5.26 Å². The smallest absolute Gasteiger partial charge is 0.416 e. The van der Waals surface area contributed by atoms with Gasteiger partial charge in [0.15, 0.2) is 15.7 Å². The lowest BCUT2D eigenvalue weighted by molar-refractivity contribution is -0.137. The highest BCUT2D eigenvalue weighted by Gasteiger charge is 2.32. The van der Waals surface area contributed by atoms with Crippen LogP contribution in [0.25, 0.3) is 16.6 Å². The van der Waals surface area contributed by atoms with Crippen LogP contribution in [-0.4, -0.2) is 35.0 Å². The molecule has 1 aromatic carbocycles. The lowest BCUT2D eigenvalue weighted by Gasteiger charge is -2.30. The van der Waals surface area contributed by atoms with Crippen molar-refractivity contribution in [2.75, 3.05) is 5.75 Å². The van der Waals surface area contributed by atoms with Gasteiger partial charge in [-0.15, -0.1) is 0 Å². The molecule has 4 rings (SSSR count). The molecule has 1 fully saturated rings. The zero-order chi connectivity index (χ0) is 24.0. The molecule has 12 heteroatoms. The van der Waals surface area contributed by atoms with Crippen molar-refractivity contribution in [3.8, 4) is 17.6 Å². The molecule has 3 aromatic rings. The third kappa shape index (κ3) is 4.28. The van der Waals surface area contributed by atoms with Crippen LogP contribution in [0.5, 0.6) is 5.75 Å². The number of hydrogen-bond donors (Lipinski definition) is 0. The van der Waals surface area contributed by atoms with E-state index >= 15 is 0 Å². The molecule has 2 heterocycles. The van der Waals surface area contributed by atoms with Gasteiger partial charge in [0.2, 0.25) is 0 Å². The number of nitrogens with zero attached hydrogens (tertiary/aromatic N) is 4. The van der Waals surface area contributed by atoms with Crippen molar-refractivity contribution in [2.24, 2.45) is 5.92 Å². The highest BCUT2D eigenvalue weighted by molar-refractivity contribution is 7.91. The number of sulfone groups is 1. The summed E-state index contributed by atoms with van der Waals surface area (Å²) < 4.78 is 71.2. The molecule has 2 aromatic heterocycles. The number of halogens is 3. The zero-order valence-electron chi connectivity index (χ0n) is 17.2. The van der Waals surface area contributed by atoms with Gasteiger partial charge in [-0.1, -0.05) is 13.0 Å². The second-order valence-electron chi connectivity index (χ2n) is 7.59. The van der Waals surface area contributed by atoms with Gasteiger partial charge < -0.3 is 4.74 Å². The van der Waals surface area contributed by atoms with Crippen LogP contribution in [0.1, 0.15) is 25.3 Å². The Balaban J connectivity index is 1.83. The minimum Gasteiger partial charge on any atom is -0.489 e. The Morgan fingerprint density at radius 2 is 1.97 bits per heavy atom. The maximum atomic E-state index is 13.1. The van der Waals surface area contributed by atoms with Gasteiger partial charge in [0.1, 0.15) is 16.7 Å². The standard InChI is InChI=1S/C21H17F3N4O4S/c1-2-33(30,31)18-8-16(32-15-5-12(6-15)9-25)11-26-19(18)28-20(29)17-7-14(21(22,23)24)4-3-13(17)10-27-28/h3-4,7-8,10-12,15H,2,5-6H2,1H3. The number of alkyl halides is 3. The first-order valence-corrected chi connectivity index (χ1v) is 11.6. The van der Waals surface area contributed by atoms with E-state index in [0.717, 1.165) is 12.1 Å². The first kappa shape index (κ1) is 22.7. The molecular formula is C21H17F3N4O4S. The van der Waals surface area contributed by atoms with Gasteiger partial charge in [-0.3, -0.25) is 4.79 Å². The van der Waals surface area contributed by atoms with Gasteiger partial charge in [0.25, 0.3) is 5.56 Å². The molecule has 172 valence electrons. The molecule has 0 atom stereocenters. The van der Waals surface area contributed by atoms with E-state index in [1.807, 2.05) is 0 Å². The Bertz CT molecular complexity index is 1440. The molecule has 0 amide bonds. The monoisotopic (exact) mass is 478 g/mol. The summed E-state index contributed by atoms with van der Waals surface area (Å²) in [4.78, 5) is 16.7. The van der Waals surface area contributed by atoms with Crippen molar-refractivity contribution in [3.63, 3.8) is 0 Å². The summed E-state index contributed by atoms with van der Waals surface area (Å²) in [6.07, 6.45) is -1.53. The number of hydrogen-bond acceptors (Lipinski definition) is 7. The highest BCUT2D eigenvalue weighted by Crippen LogP contribution is 2.33. The van der Waals surface area contributed by atoms with Crippen molar-refractivity contribution < 1.29 is 26.3 Å². The second-order valence-corrected chi connectivity index (χ2v) is 9.84. The molecular weight excluding hydrogens is 461 g/mol. The van der Waals surface area contributed by atoms with Crippen LogP contribution >= 0.6 is 0 Å². The molecule has 0 spiro atoms. The molecule has 1 aliphatic rings. The van der Waals surface area contributed by atoms with Crippen LogP contribution in [0, 0.1) is 17.2 Å². The molecule has 0 bridgehead atoms. The predicted molar refractivity (Wildman–Crippen MR) is 111 cm³/mol. The van der Waals surface area contributed by atoms with E-state index in [1.165, 1.54) is 25.4 Å². The number of pyridine rings is 1. The fraction of sp³-hybridized carbons (Fsp3) is 0.333. The Morgan fingerprint density at radius 3 is 2.61 bits per heavy atom. The topological polar surface area (TPSA) is 115 Å². The number of aromatic nitrogens is 3. The minimum atomic E-state index is -4.66. The third-order valence-electron chi connectivity index (χ3n) is 5.42. The van der Waals surface area contributed by atoms with Crippen LogP contribution in [0.2, 0.25) is 0 Å². The normalized spacial score (nSPS) is 18.5. The first-order valence-electron chi connectivity index (χ1n) is 9.92. The predicted octanol–water partition coefficient (Wildman–Crippen LogP) is 3.27. The van der Waals surface area contributed by atoms with Crippen molar-refractivity contribution in [2.45, 2.75) is 36.9 Å². The Hall–Kier alpha value is -3.46. The first-order chi connectivity index (χ1) is 15.5. The maximum absolute atomic E-state index is 13.1. The van der Waals surface area contributed by atoms with Crippen molar-refractivity contribution in [1.82, 2.24) is 14.8 Å². The lowest BCUT2D eigenvalue weighted by atomic mass is 9.83. The van der Waals surface area contributed by atoms with Crippen LogP contribution < -0.4 is 10.3 Å². The SMILES string of the molecule is CCS(=O)(=O)c1cc(OC2CC(C#N)C2)cnc1-n1ncc2ccc(C(F)(F)F)cc2c1=O. The number of fused-ring (bicyclic) bond motifs is 1. The van der Waals surface area contributed by atoms with Crippen LogP contribution in [0.4, 0.5) is 13.2 Å². The summed E-state index contributed by atoms with van der Waals surface area (Å²) in [5.74, 6) is -0.633. The highest BCUT2D eigenvalue weighted by atomic mass is 32.2. The van der Waals surface area contributed by atoms with E-state index in [1.54, 1.807) is 0 Å². The average molecular weight is 478 g/mol. The van der Waals surface area contributed by atoms with Crippen LogP contribution in [0.15, 0.2) is 46.3 Å². The van der Waals surface area contributed by atoms with E-state index in [4.69, 9.17) is 10.00 Å². The number of ether oxygens (including phenoxy) is 1. The van der Waals surface area contributed by atoms with E-state index in [-0.39, 0.29) is 45.0 Å². The molecule has 0 saturated heterocycles. The van der Waals surface area contributed by atoms with Gasteiger partial charge in [0.05, 0.1) is 41.1 Å². The van der Waals surface area contributed by atoms with Crippen LogP contribution in [0.3, 0.4) is 0 Å². The molecule has 0 unspecified atom stereocenters. The summed E-state index contributed by atoms with van der Waals surface area (Å²) >= 11 is 0. The quantitative estimate of drug-likeness (QED) is 0.553. The summed E-state index contributed by atoms with van der Waals surface area (Å²) in [7, 11) is -3.92. The van der Waals surface area contributed by atoms with Gasteiger partial charge in [-0.05, 0) is 12.1 Å². The van der Waals surface area contributed by atoms with Gasteiger partial charge in [-0.25, -0.2) is 13.4 Å². The largest absolute Gasteiger partial charge is 0.489 e. The Labute approximate surface area is 186 Å². The zero-order valence-corrected chi connectivity index (χ0v) is 18.0. The van der Waals surface area contributed by atoms with Crippen molar-refractivity contribution in [3.05, 3.63) is 52.6 Å². The maximum Gasteiger partial charge on any atom is 0.416 e. The van der Waals surface area contributed by atoms with E-state index in [9.17, 15) is 26.4 Å². The van der Waals surface area contributed by atoms with Gasteiger partial charge in [-0.2, -0.15) is 28.2 Å². The third-order valence-corrected chi connectivity index (χ3v) is 7.15. The fourth-order valence-electron chi connectivity index (χ4n) is 3.45. The Kier molecular flexibility index (Phi) is 5.61. The summed E-state index contributed by atoms with van der Waals surface area (Å²) in [5, 5.41) is 12.7. The molecule has 0 aliphatic heterocycles. The molecule has 8 nitrogen and oxygen atoms in total. The number of nitriles is 1. The van der Waals surface area contributed by atoms with E-state index < -0.39 is 27.1 Å². The second kappa shape index (κ2) is 8.15. The Morgan fingerprint density at radius 1 is 1.24 bits per heavy atom. The molecule has 33 heavy (non-hydrogen) atoms. The summed E-state index contributed by atoms with van der Waals surface area (Å²) in [6.45, 7) is 1.41. The van der Waals surface area contributed by atoms with Gasteiger partial charge in [0, 0.05) is 24.3 Å². The van der Waals surface area contributed by atoms with Crippen LogP contribution in [-0.2, 0) is 16.0 Å². The fourth-order valence-corrected chi connectivity index (χ4v) is 4.48. The van der Waals surface area contributed by atoms with E-state index in [2.05, 4.69) is 16.2 Å². The molecule has 1 aliphatic carbocycles. The molecule has 0 N–H and O–H groups in total. The lowest BCUT2D eigenvalue weighted by Crippen LogP contribution is -2.33. The number of rotatable bonds is 5. The summed E-state index contributed by atoms with van der Waals surface area (Å²) in [5.41, 5.74) is -1.96. The molecule has 0 radical (unpaired) electrons. The van der Waals surface area contributed by atoms with Gasteiger partial charge >= 0.3 is 6.18 Å².